The highest BCUT2D eigenvalue weighted by atomic mass is 32.2. The van der Waals surface area contributed by atoms with Crippen LogP contribution in [-0.4, -0.2) is 32.2 Å². The lowest BCUT2D eigenvalue weighted by atomic mass is 10.4. The molecule has 0 spiro atoms. The molecular formula is C8H13N3O2S. The first-order valence-corrected chi connectivity index (χ1v) is 5.83. The summed E-state index contributed by atoms with van der Waals surface area (Å²) in [5.41, 5.74) is -0.262. The van der Waals surface area contributed by atoms with E-state index in [9.17, 15) is 9.00 Å². The van der Waals surface area contributed by atoms with E-state index in [4.69, 9.17) is 0 Å². The number of anilines is 1. The predicted molar refractivity (Wildman–Crippen MR) is 56.9 cm³/mol. The molecule has 0 aliphatic carbocycles. The first-order valence-electron chi connectivity index (χ1n) is 4.21. The maximum absolute atomic E-state index is 11.1. The lowest BCUT2D eigenvalue weighted by Gasteiger charge is -2.08. The Hall–Kier alpha value is -1.17. The Morgan fingerprint density at radius 3 is 3.00 bits per heavy atom. The second-order valence-electron chi connectivity index (χ2n) is 2.96. The number of hydrogen-bond donors (Lipinski definition) is 2. The molecule has 5 nitrogen and oxygen atoms in total. The maximum atomic E-state index is 11.1. The van der Waals surface area contributed by atoms with Crippen LogP contribution < -0.4 is 10.9 Å². The minimum absolute atomic E-state index is 0.00333. The minimum Gasteiger partial charge on any atom is -0.364 e. The zero-order valence-corrected chi connectivity index (χ0v) is 8.93. The monoisotopic (exact) mass is 215 g/mol. The summed E-state index contributed by atoms with van der Waals surface area (Å²) in [7, 11) is -0.893. The van der Waals surface area contributed by atoms with Crippen LogP contribution in [0.5, 0.6) is 0 Å². The van der Waals surface area contributed by atoms with Gasteiger partial charge >= 0.3 is 0 Å². The number of rotatable bonds is 4. The van der Waals surface area contributed by atoms with Gasteiger partial charge in [-0.3, -0.25) is 9.00 Å². The van der Waals surface area contributed by atoms with Crippen LogP contribution >= 0.6 is 0 Å². The topological polar surface area (TPSA) is 74.8 Å². The molecule has 2 unspecified atom stereocenters. The molecule has 0 aliphatic rings. The van der Waals surface area contributed by atoms with Crippen LogP contribution in [0.4, 0.5) is 5.82 Å². The lowest BCUT2D eigenvalue weighted by molar-refractivity contribution is 0.678. The fourth-order valence-electron chi connectivity index (χ4n) is 0.835. The number of nitrogens with one attached hydrogen (secondary N) is 2. The third kappa shape index (κ3) is 2.95. The average Bonchev–Trinajstić information content (AvgIpc) is 2.16. The summed E-state index contributed by atoms with van der Waals surface area (Å²) < 4.78 is 11.0. The Bertz CT molecular complexity index is 377. The molecule has 1 rings (SSSR count). The first-order chi connectivity index (χ1) is 6.61. The summed E-state index contributed by atoms with van der Waals surface area (Å²) in [5.74, 6) is 0.268. The zero-order chi connectivity index (χ0) is 10.6. The molecule has 6 heteroatoms. The third-order valence-corrected chi connectivity index (χ3v) is 3.13. The van der Waals surface area contributed by atoms with E-state index in [1.807, 2.05) is 6.92 Å². The number of H-pyrrole nitrogens is 1. The van der Waals surface area contributed by atoms with Crippen LogP contribution in [0.25, 0.3) is 0 Å². The quantitative estimate of drug-likeness (QED) is 0.738. The van der Waals surface area contributed by atoms with E-state index in [-0.39, 0.29) is 16.6 Å². The molecule has 78 valence electrons. The average molecular weight is 215 g/mol. The molecule has 0 saturated heterocycles. The minimum atomic E-state index is -0.893. The molecule has 0 amide bonds. The van der Waals surface area contributed by atoms with E-state index in [1.54, 1.807) is 6.26 Å². The number of nitrogens with zero attached hydrogens (tertiary/aromatic N) is 1. The summed E-state index contributed by atoms with van der Waals surface area (Å²) in [5, 5.41) is 2.84. The fourth-order valence-corrected chi connectivity index (χ4v) is 1.15. The zero-order valence-electron chi connectivity index (χ0n) is 8.11. The smallest absolute Gasteiger partial charge is 0.290 e. The Morgan fingerprint density at radius 1 is 1.71 bits per heavy atom. The summed E-state index contributed by atoms with van der Waals surface area (Å²) >= 11 is 0. The Balaban J connectivity index is 2.58. The number of aromatic nitrogens is 2. The Morgan fingerprint density at radius 2 is 2.43 bits per heavy atom. The molecule has 0 saturated carbocycles. The molecule has 0 aliphatic heterocycles. The molecule has 0 aromatic carbocycles. The predicted octanol–water partition coefficient (Wildman–Crippen LogP) is -0.0512. The van der Waals surface area contributed by atoms with E-state index in [0.29, 0.717) is 6.54 Å². The van der Waals surface area contributed by atoms with E-state index >= 15 is 0 Å². The van der Waals surface area contributed by atoms with Crippen LogP contribution in [0.3, 0.4) is 0 Å². The van der Waals surface area contributed by atoms with Crippen molar-refractivity contribution >= 4 is 16.6 Å². The number of aromatic amines is 1. The normalized spacial score (nSPS) is 14.7. The second-order valence-corrected chi connectivity index (χ2v) is 4.76. The van der Waals surface area contributed by atoms with Crippen molar-refractivity contribution in [1.82, 2.24) is 9.97 Å². The molecule has 2 N–H and O–H groups in total. The largest absolute Gasteiger partial charge is 0.364 e. The van der Waals surface area contributed by atoms with Gasteiger partial charge in [0.15, 0.2) is 5.82 Å². The van der Waals surface area contributed by atoms with E-state index in [2.05, 4.69) is 15.3 Å². The third-order valence-electron chi connectivity index (χ3n) is 1.83. The molecule has 1 heterocycles. The molecule has 2 atom stereocenters. The van der Waals surface area contributed by atoms with Crippen molar-refractivity contribution in [3.63, 3.8) is 0 Å². The fraction of sp³-hybridized carbons (Fsp3) is 0.500. The van der Waals surface area contributed by atoms with Gasteiger partial charge in [-0.15, -0.1) is 0 Å². The van der Waals surface area contributed by atoms with Crippen molar-refractivity contribution < 1.29 is 4.21 Å². The van der Waals surface area contributed by atoms with Crippen LogP contribution in [0.2, 0.25) is 0 Å². The Labute approximate surface area is 84.4 Å². The van der Waals surface area contributed by atoms with Crippen LogP contribution in [-0.2, 0) is 10.8 Å². The van der Waals surface area contributed by atoms with Gasteiger partial charge in [-0.25, -0.2) is 4.98 Å². The molecule has 1 aromatic heterocycles. The van der Waals surface area contributed by atoms with Gasteiger partial charge in [0.25, 0.3) is 5.56 Å². The molecular weight excluding hydrogens is 202 g/mol. The lowest BCUT2D eigenvalue weighted by Crippen LogP contribution is -2.24. The van der Waals surface area contributed by atoms with Gasteiger partial charge in [-0.05, 0) is 6.92 Å². The summed E-state index contributed by atoms with van der Waals surface area (Å²) in [6.07, 6.45) is 4.60. The van der Waals surface area contributed by atoms with Crippen molar-refractivity contribution in [3.05, 3.63) is 22.7 Å². The highest BCUT2D eigenvalue weighted by Gasteiger charge is 2.06. The first kappa shape index (κ1) is 10.9. The Kier molecular flexibility index (Phi) is 3.82. The highest BCUT2D eigenvalue weighted by molar-refractivity contribution is 7.84. The second kappa shape index (κ2) is 4.90. The van der Waals surface area contributed by atoms with Gasteiger partial charge in [0, 0.05) is 41.2 Å². The van der Waals surface area contributed by atoms with Gasteiger partial charge in [-0.2, -0.15) is 0 Å². The van der Waals surface area contributed by atoms with Crippen LogP contribution in [0.1, 0.15) is 6.92 Å². The van der Waals surface area contributed by atoms with Gasteiger partial charge in [-0.1, -0.05) is 0 Å². The van der Waals surface area contributed by atoms with Gasteiger partial charge in [0.2, 0.25) is 0 Å². The molecule has 1 aromatic rings. The highest BCUT2D eigenvalue weighted by Crippen LogP contribution is 1.95. The number of hydrogen-bond acceptors (Lipinski definition) is 4. The molecule has 14 heavy (non-hydrogen) atoms. The van der Waals surface area contributed by atoms with Crippen molar-refractivity contribution in [2.45, 2.75) is 12.2 Å². The molecule has 0 radical (unpaired) electrons. The van der Waals surface area contributed by atoms with E-state index in [0.717, 1.165) is 0 Å². The summed E-state index contributed by atoms with van der Waals surface area (Å²) in [6, 6.07) is 0. The van der Waals surface area contributed by atoms with E-state index < -0.39 is 10.8 Å². The standard InChI is InChI=1S/C8H13N3O2S/c1-6(14(2)13)5-11-7-8(12)10-4-3-9-7/h3-4,6H,5H2,1-2H3,(H,9,11)(H,10,12). The van der Waals surface area contributed by atoms with Crippen LogP contribution in [0.15, 0.2) is 17.2 Å². The summed E-state index contributed by atoms with van der Waals surface area (Å²) in [6.45, 7) is 2.32. The van der Waals surface area contributed by atoms with E-state index in [1.165, 1.54) is 12.4 Å². The molecule has 0 bridgehead atoms. The summed E-state index contributed by atoms with van der Waals surface area (Å²) in [4.78, 5) is 17.5. The SMILES string of the molecule is CC(CNc1ncc[nH]c1=O)S(C)=O. The maximum Gasteiger partial charge on any atom is 0.290 e. The van der Waals surface area contributed by atoms with Gasteiger partial charge < -0.3 is 10.3 Å². The van der Waals surface area contributed by atoms with Gasteiger partial charge in [0.05, 0.1) is 0 Å². The molecule has 0 fully saturated rings. The van der Waals surface area contributed by atoms with Crippen molar-refractivity contribution in [1.29, 1.82) is 0 Å². The van der Waals surface area contributed by atoms with Crippen LogP contribution in [0, 0.1) is 0 Å². The van der Waals surface area contributed by atoms with Crippen molar-refractivity contribution in [2.75, 3.05) is 18.1 Å². The van der Waals surface area contributed by atoms with Crippen molar-refractivity contribution in [2.24, 2.45) is 0 Å². The van der Waals surface area contributed by atoms with Crippen molar-refractivity contribution in [3.8, 4) is 0 Å². The van der Waals surface area contributed by atoms with Gasteiger partial charge in [0.1, 0.15) is 0 Å².